The molecule has 11 heteroatoms. The van der Waals surface area contributed by atoms with Crippen LogP contribution in [-0.4, -0.2) is 35.5 Å². The van der Waals surface area contributed by atoms with Crippen molar-refractivity contribution in [1.29, 1.82) is 0 Å². The molecule has 2 aromatic rings. The molecular weight excluding hydrogens is 460 g/mol. The highest BCUT2D eigenvalue weighted by molar-refractivity contribution is 9.10. The number of nitro groups is 1. The van der Waals surface area contributed by atoms with Gasteiger partial charge < -0.3 is 20.7 Å². The molecule has 0 radical (unpaired) electrons. The molecule has 0 saturated heterocycles. The Kier molecular flexibility index (Phi) is 7.87. The van der Waals surface area contributed by atoms with Gasteiger partial charge in [0.05, 0.1) is 21.9 Å². The number of rotatable bonds is 7. The van der Waals surface area contributed by atoms with E-state index < -0.39 is 29.4 Å². The van der Waals surface area contributed by atoms with E-state index in [-0.39, 0.29) is 28.7 Å². The third kappa shape index (κ3) is 6.55. The number of nitrogens with one attached hydrogen (secondary N) is 3. The van der Waals surface area contributed by atoms with Crippen LogP contribution in [0.15, 0.2) is 46.9 Å². The Morgan fingerprint density at radius 2 is 1.80 bits per heavy atom. The number of benzene rings is 2. The largest absolute Gasteiger partial charge is 0.452 e. The Hall–Kier alpha value is -3.47. The monoisotopic (exact) mass is 478 g/mol. The van der Waals surface area contributed by atoms with Crippen molar-refractivity contribution in [2.45, 2.75) is 19.9 Å². The van der Waals surface area contributed by atoms with Crippen LogP contribution in [0.2, 0.25) is 0 Å². The summed E-state index contributed by atoms with van der Waals surface area (Å²) in [4.78, 5) is 46.5. The van der Waals surface area contributed by atoms with Crippen LogP contribution in [0.5, 0.6) is 0 Å². The molecule has 0 atom stereocenters. The van der Waals surface area contributed by atoms with Crippen molar-refractivity contribution in [2.75, 3.05) is 17.2 Å². The topological polar surface area (TPSA) is 140 Å². The van der Waals surface area contributed by atoms with Crippen LogP contribution in [0.25, 0.3) is 0 Å². The minimum Gasteiger partial charge on any atom is -0.452 e. The minimum atomic E-state index is -0.798. The Labute approximate surface area is 180 Å². The minimum absolute atomic E-state index is 0.0840. The van der Waals surface area contributed by atoms with Gasteiger partial charge in [0, 0.05) is 22.6 Å². The van der Waals surface area contributed by atoms with Gasteiger partial charge in [0.25, 0.3) is 11.6 Å². The summed E-state index contributed by atoms with van der Waals surface area (Å²) < 4.78 is 5.33. The fourth-order valence-corrected chi connectivity index (χ4v) is 2.77. The van der Waals surface area contributed by atoms with Gasteiger partial charge in [-0.3, -0.25) is 14.9 Å². The maximum absolute atomic E-state index is 12.4. The smallest absolute Gasteiger partial charge is 0.340 e. The van der Waals surface area contributed by atoms with E-state index in [0.717, 1.165) is 0 Å². The molecule has 10 nitrogen and oxygen atoms in total. The fourth-order valence-electron chi connectivity index (χ4n) is 2.30. The zero-order chi connectivity index (χ0) is 22.3. The molecule has 0 bridgehead atoms. The molecular formula is C19H19BrN4O6. The zero-order valence-corrected chi connectivity index (χ0v) is 17.7. The molecule has 30 heavy (non-hydrogen) atoms. The number of urea groups is 1. The zero-order valence-electron chi connectivity index (χ0n) is 16.1. The number of nitro benzene ring substituents is 1. The second-order valence-electron chi connectivity index (χ2n) is 6.34. The Morgan fingerprint density at radius 1 is 1.10 bits per heavy atom. The third-order valence-electron chi connectivity index (χ3n) is 3.59. The summed E-state index contributed by atoms with van der Waals surface area (Å²) in [7, 11) is 0. The van der Waals surface area contributed by atoms with E-state index in [1.807, 2.05) is 0 Å². The van der Waals surface area contributed by atoms with Gasteiger partial charge >= 0.3 is 12.0 Å². The highest BCUT2D eigenvalue weighted by Gasteiger charge is 2.17. The SMILES string of the molecule is CC(C)NC(=O)Nc1ccccc1C(=O)OCC(=O)Nc1ccc([N+](=O)[O-])cc1Br. The summed E-state index contributed by atoms with van der Waals surface area (Å²) in [5, 5.41) is 18.4. The molecule has 2 aromatic carbocycles. The molecule has 3 amide bonds. The second kappa shape index (κ2) is 10.3. The summed E-state index contributed by atoms with van der Waals surface area (Å²) >= 11 is 3.14. The average molecular weight is 479 g/mol. The number of carbonyl (C=O) groups is 3. The average Bonchev–Trinajstić information content (AvgIpc) is 2.67. The van der Waals surface area contributed by atoms with E-state index in [0.29, 0.717) is 4.47 Å². The summed E-state index contributed by atoms with van der Waals surface area (Å²) in [6.45, 7) is 3.00. The first-order chi connectivity index (χ1) is 14.2. The van der Waals surface area contributed by atoms with Crippen LogP contribution in [0.3, 0.4) is 0 Å². The molecule has 0 aromatic heterocycles. The van der Waals surface area contributed by atoms with E-state index in [1.165, 1.54) is 30.3 Å². The van der Waals surface area contributed by atoms with E-state index in [4.69, 9.17) is 4.74 Å². The first-order valence-electron chi connectivity index (χ1n) is 8.75. The number of nitrogens with zero attached hydrogens (tertiary/aromatic N) is 1. The number of anilines is 2. The van der Waals surface area contributed by atoms with Crippen LogP contribution in [0.4, 0.5) is 21.9 Å². The molecule has 0 saturated carbocycles. The molecule has 158 valence electrons. The summed E-state index contributed by atoms with van der Waals surface area (Å²) in [6, 6.07) is 9.48. The highest BCUT2D eigenvalue weighted by atomic mass is 79.9. The molecule has 0 aliphatic rings. The van der Waals surface area contributed by atoms with Crippen LogP contribution < -0.4 is 16.0 Å². The van der Waals surface area contributed by atoms with Gasteiger partial charge in [0.15, 0.2) is 6.61 Å². The fraction of sp³-hybridized carbons (Fsp3) is 0.211. The van der Waals surface area contributed by atoms with Gasteiger partial charge in [-0.15, -0.1) is 0 Å². The predicted octanol–water partition coefficient (Wildman–Crippen LogP) is 3.68. The van der Waals surface area contributed by atoms with E-state index >= 15 is 0 Å². The van der Waals surface area contributed by atoms with Gasteiger partial charge in [-0.1, -0.05) is 12.1 Å². The maximum atomic E-state index is 12.4. The highest BCUT2D eigenvalue weighted by Crippen LogP contribution is 2.27. The van der Waals surface area contributed by atoms with Crippen molar-refractivity contribution < 1.29 is 24.0 Å². The van der Waals surface area contributed by atoms with Crippen LogP contribution in [0.1, 0.15) is 24.2 Å². The van der Waals surface area contributed by atoms with Crippen molar-refractivity contribution in [3.63, 3.8) is 0 Å². The normalized spacial score (nSPS) is 10.3. The number of esters is 1. The number of hydrogen-bond donors (Lipinski definition) is 3. The predicted molar refractivity (Wildman–Crippen MR) is 113 cm³/mol. The molecule has 2 rings (SSSR count). The summed E-state index contributed by atoms with van der Waals surface area (Å²) in [6.07, 6.45) is 0. The summed E-state index contributed by atoms with van der Waals surface area (Å²) in [5.41, 5.74) is 0.464. The van der Waals surface area contributed by atoms with E-state index in [9.17, 15) is 24.5 Å². The first-order valence-corrected chi connectivity index (χ1v) is 9.54. The van der Waals surface area contributed by atoms with Crippen molar-refractivity contribution in [3.8, 4) is 0 Å². The molecule has 0 heterocycles. The van der Waals surface area contributed by atoms with Gasteiger partial charge in [-0.05, 0) is 48.0 Å². The number of ether oxygens (including phenoxy) is 1. The number of para-hydroxylation sites is 1. The second-order valence-corrected chi connectivity index (χ2v) is 7.20. The van der Waals surface area contributed by atoms with Crippen molar-refractivity contribution in [1.82, 2.24) is 5.32 Å². The number of hydrogen-bond acceptors (Lipinski definition) is 6. The molecule has 0 spiro atoms. The van der Waals surface area contributed by atoms with Gasteiger partial charge in [-0.25, -0.2) is 9.59 Å². The lowest BCUT2D eigenvalue weighted by Crippen LogP contribution is -2.34. The Morgan fingerprint density at radius 3 is 2.43 bits per heavy atom. The van der Waals surface area contributed by atoms with Crippen molar-refractivity contribution in [2.24, 2.45) is 0 Å². The van der Waals surface area contributed by atoms with Crippen molar-refractivity contribution in [3.05, 3.63) is 62.6 Å². The molecule has 0 unspecified atom stereocenters. The lowest BCUT2D eigenvalue weighted by atomic mass is 10.2. The maximum Gasteiger partial charge on any atom is 0.340 e. The van der Waals surface area contributed by atoms with Gasteiger partial charge in [-0.2, -0.15) is 0 Å². The van der Waals surface area contributed by atoms with Gasteiger partial charge in [0.2, 0.25) is 0 Å². The lowest BCUT2D eigenvalue weighted by molar-refractivity contribution is -0.384. The lowest BCUT2D eigenvalue weighted by Gasteiger charge is -2.13. The standard InChI is InChI=1S/C19H19BrN4O6/c1-11(2)21-19(27)23-15-6-4-3-5-13(15)18(26)30-10-17(25)22-16-8-7-12(24(28)29)9-14(16)20/h3-9,11H,10H2,1-2H3,(H,22,25)(H2,21,23,27). The number of carbonyl (C=O) groups excluding carboxylic acids is 3. The molecule has 0 fully saturated rings. The summed E-state index contributed by atoms with van der Waals surface area (Å²) in [5.74, 6) is -1.44. The molecule has 3 N–H and O–H groups in total. The molecule has 0 aliphatic carbocycles. The number of halogens is 1. The Balaban J connectivity index is 1.98. The van der Waals surface area contributed by atoms with Crippen LogP contribution in [-0.2, 0) is 9.53 Å². The van der Waals surface area contributed by atoms with E-state index in [2.05, 4.69) is 31.9 Å². The molecule has 0 aliphatic heterocycles. The third-order valence-corrected chi connectivity index (χ3v) is 4.24. The van der Waals surface area contributed by atoms with Crippen LogP contribution in [0, 0.1) is 10.1 Å². The number of non-ortho nitro benzene ring substituents is 1. The van der Waals surface area contributed by atoms with Gasteiger partial charge in [0.1, 0.15) is 0 Å². The van der Waals surface area contributed by atoms with Crippen molar-refractivity contribution >= 4 is 50.9 Å². The Bertz CT molecular complexity index is 979. The van der Waals surface area contributed by atoms with Crippen LogP contribution >= 0.6 is 15.9 Å². The quantitative estimate of drug-likeness (QED) is 0.315. The first kappa shape index (κ1) is 22.8. The van der Waals surface area contributed by atoms with E-state index in [1.54, 1.807) is 26.0 Å². The number of amides is 3.